The van der Waals surface area contributed by atoms with Crippen molar-refractivity contribution in [2.75, 3.05) is 38.1 Å². The lowest BCUT2D eigenvalue weighted by molar-refractivity contribution is -0.138. The summed E-state index contributed by atoms with van der Waals surface area (Å²) in [7, 11) is 8.26. The molecule has 2 amide bonds. The molecule has 0 fully saturated rings. The number of fused-ring (bicyclic) bond motifs is 2. The first kappa shape index (κ1) is 42.2. The van der Waals surface area contributed by atoms with Gasteiger partial charge in [-0.05, 0) is 72.8 Å². The van der Waals surface area contributed by atoms with Crippen molar-refractivity contribution in [1.29, 1.82) is 0 Å². The Morgan fingerprint density at radius 3 is 1.16 bits per heavy atom. The summed E-state index contributed by atoms with van der Waals surface area (Å²) in [6, 6.07) is 17.4. The average molecular weight is 813 g/mol. The van der Waals surface area contributed by atoms with Crippen LogP contribution in [0.5, 0.6) is 23.0 Å². The number of ether oxygens (including phenoxy) is 2. The number of aromatic nitrogens is 2. The Bertz CT molecular complexity index is 2490. The van der Waals surface area contributed by atoms with Crippen LogP contribution >= 0.6 is 0 Å². The van der Waals surface area contributed by atoms with Crippen LogP contribution < -0.4 is 30.4 Å². The molecule has 304 valence electrons. The van der Waals surface area contributed by atoms with Crippen LogP contribution in [0, 0.1) is 0 Å². The zero-order chi connectivity index (χ0) is 43.0. The van der Waals surface area contributed by atoms with Crippen LogP contribution in [0.25, 0.3) is 21.8 Å². The molecule has 6 aromatic rings. The number of halogens is 6. The molecule has 0 saturated carbocycles. The Labute approximate surface area is 324 Å². The predicted octanol–water partition coefficient (Wildman–Crippen LogP) is 7.10. The summed E-state index contributed by atoms with van der Waals surface area (Å²) >= 11 is 0. The van der Waals surface area contributed by atoms with E-state index in [4.69, 9.17) is 9.47 Å². The van der Waals surface area contributed by atoms with E-state index in [9.17, 15) is 55.7 Å². The zero-order valence-electron chi connectivity index (χ0n) is 31.5. The number of anilines is 2. The highest BCUT2D eigenvalue weighted by Crippen LogP contribution is 2.37. The van der Waals surface area contributed by atoms with Gasteiger partial charge in [-0.25, -0.2) is 0 Å². The highest BCUT2D eigenvalue weighted by Gasteiger charge is 2.33. The van der Waals surface area contributed by atoms with E-state index in [-0.39, 0.29) is 33.6 Å². The van der Waals surface area contributed by atoms with Crippen LogP contribution in [0.15, 0.2) is 94.5 Å². The van der Waals surface area contributed by atoms with Gasteiger partial charge in [0.2, 0.25) is 0 Å². The van der Waals surface area contributed by atoms with E-state index in [1.807, 2.05) is 0 Å². The summed E-state index contributed by atoms with van der Waals surface area (Å²) in [5, 5.41) is 21.8. The van der Waals surface area contributed by atoms with E-state index >= 15 is 0 Å². The van der Waals surface area contributed by atoms with Gasteiger partial charge in [0.25, 0.3) is 22.9 Å². The topological polar surface area (TPSA) is 144 Å². The van der Waals surface area contributed by atoms with Crippen molar-refractivity contribution in [3.8, 4) is 23.0 Å². The quantitative estimate of drug-likeness (QED) is 0.170. The summed E-state index contributed by atoms with van der Waals surface area (Å²) in [4.78, 5) is 53.4. The van der Waals surface area contributed by atoms with Crippen LogP contribution in [0.2, 0.25) is 0 Å². The fourth-order valence-corrected chi connectivity index (χ4v) is 6.12. The Hall–Kier alpha value is -6.98. The molecule has 0 bridgehead atoms. The van der Waals surface area contributed by atoms with Gasteiger partial charge in [0.05, 0.1) is 47.2 Å². The number of alkyl halides is 6. The van der Waals surface area contributed by atoms with Crippen LogP contribution in [0.4, 0.5) is 37.7 Å². The fraction of sp³-hybridized carbons (Fsp3) is 0.200. The number of aryl methyl sites for hydroxylation is 2. The van der Waals surface area contributed by atoms with Crippen LogP contribution in [0.1, 0.15) is 31.8 Å². The van der Waals surface area contributed by atoms with Crippen molar-refractivity contribution in [2.24, 2.45) is 14.1 Å². The predicted molar refractivity (Wildman–Crippen MR) is 203 cm³/mol. The number of methoxy groups -OCH3 is 2. The van der Waals surface area contributed by atoms with Gasteiger partial charge >= 0.3 is 12.4 Å². The fourth-order valence-electron chi connectivity index (χ4n) is 6.12. The SMILES string of the molecule is COc1cccc2c1c(O)c(C(=O)N(C)c1ccc(C(F)(F)F)cc1)c(=O)n2C.COc1cccc2c1c(O)c(C(=O)N(C)c1ccc(C(F)(F)F)cc1)c(=O)n2C. The minimum absolute atomic E-state index is 0.129. The monoisotopic (exact) mass is 812 g/mol. The van der Waals surface area contributed by atoms with Crippen molar-refractivity contribution in [1.82, 2.24) is 9.13 Å². The molecular formula is C40H34F6N4O8. The molecule has 6 rings (SSSR count). The lowest BCUT2D eigenvalue weighted by Gasteiger charge is -2.20. The maximum Gasteiger partial charge on any atom is 0.416 e. The Kier molecular flexibility index (Phi) is 11.5. The maximum atomic E-state index is 13.0. The minimum Gasteiger partial charge on any atom is -0.506 e. The highest BCUT2D eigenvalue weighted by molar-refractivity contribution is 6.12. The third-order valence-electron chi connectivity index (χ3n) is 9.36. The summed E-state index contributed by atoms with van der Waals surface area (Å²) in [6.07, 6.45) is -9.02. The number of pyridine rings is 2. The molecule has 0 unspecified atom stereocenters. The second kappa shape index (κ2) is 15.9. The van der Waals surface area contributed by atoms with E-state index in [0.717, 1.165) is 58.3 Å². The zero-order valence-corrected chi connectivity index (χ0v) is 31.5. The molecule has 18 heteroatoms. The van der Waals surface area contributed by atoms with Crippen molar-refractivity contribution < 1.29 is 55.6 Å². The lowest BCUT2D eigenvalue weighted by atomic mass is 10.1. The van der Waals surface area contributed by atoms with E-state index in [0.29, 0.717) is 11.0 Å². The summed E-state index contributed by atoms with van der Waals surface area (Å²) in [5.74, 6) is -2.30. The number of nitrogens with zero attached hydrogens (tertiary/aromatic N) is 4. The Balaban J connectivity index is 0.000000221. The Morgan fingerprint density at radius 2 is 0.879 bits per heavy atom. The first-order valence-electron chi connectivity index (χ1n) is 16.8. The molecule has 0 aliphatic rings. The lowest BCUT2D eigenvalue weighted by Crippen LogP contribution is -2.34. The van der Waals surface area contributed by atoms with Crippen molar-refractivity contribution >= 4 is 45.0 Å². The molecule has 2 heterocycles. The highest BCUT2D eigenvalue weighted by atomic mass is 19.4. The van der Waals surface area contributed by atoms with Gasteiger partial charge in [-0.15, -0.1) is 0 Å². The molecule has 4 aromatic carbocycles. The normalized spacial score (nSPS) is 11.5. The number of rotatable bonds is 6. The number of carbonyl (C=O) groups is 2. The van der Waals surface area contributed by atoms with Gasteiger partial charge in [-0.2, -0.15) is 26.3 Å². The van der Waals surface area contributed by atoms with Crippen LogP contribution in [-0.4, -0.2) is 59.5 Å². The standard InChI is InChI=1S/2C20H17F3N2O4/c2*1-24(12-9-7-11(8-10-12)20(21,22)23)18(27)16-17(26)15-13(25(2)19(16)28)5-4-6-14(15)29-3/h2*4-10,26H,1-3H3. The maximum absolute atomic E-state index is 13.0. The van der Waals surface area contributed by atoms with Crippen molar-refractivity contribution in [3.05, 3.63) is 128 Å². The minimum atomic E-state index is -4.51. The molecule has 2 N–H and O–H groups in total. The summed E-state index contributed by atoms with van der Waals surface area (Å²) in [6.45, 7) is 0. The Morgan fingerprint density at radius 1 is 0.569 bits per heavy atom. The van der Waals surface area contributed by atoms with Gasteiger partial charge in [-0.3, -0.25) is 19.2 Å². The van der Waals surface area contributed by atoms with E-state index in [2.05, 4.69) is 0 Å². The molecular weight excluding hydrogens is 778 g/mol. The van der Waals surface area contributed by atoms with Gasteiger partial charge in [0.1, 0.15) is 34.1 Å². The number of benzene rings is 4. The number of carbonyl (C=O) groups excluding carboxylic acids is 2. The van der Waals surface area contributed by atoms with E-state index < -0.39 is 69.0 Å². The third kappa shape index (κ3) is 7.72. The number of amides is 2. The summed E-state index contributed by atoms with van der Waals surface area (Å²) in [5.41, 5.74) is -3.25. The van der Waals surface area contributed by atoms with Gasteiger partial charge in [0, 0.05) is 39.6 Å². The molecule has 58 heavy (non-hydrogen) atoms. The van der Waals surface area contributed by atoms with Gasteiger partial charge < -0.3 is 38.6 Å². The number of hydrogen-bond acceptors (Lipinski definition) is 8. The molecule has 2 aromatic heterocycles. The second-order valence-corrected chi connectivity index (χ2v) is 12.7. The van der Waals surface area contributed by atoms with E-state index in [1.165, 1.54) is 51.5 Å². The van der Waals surface area contributed by atoms with Crippen molar-refractivity contribution in [3.63, 3.8) is 0 Å². The molecule has 0 radical (unpaired) electrons. The van der Waals surface area contributed by atoms with E-state index in [1.54, 1.807) is 36.4 Å². The molecule has 0 aliphatic carbocycles. The molecule has 0 spiro atoms. The van der Waals surface area contributed by atoms with Gasteiger partial charge in [0.15, 0.2) is 0 Å². The first-order valence-corrected chi connectivity index (χ1v) is 16.8. The molecule has 0 aliphatic heterocycles. The van der Waals surface area contributed by atoms with Crippen LogP contribution in [0.3, 0.4) is 0 Å². The molecule has 0 atom stereocenters. The van der Waals surface area contributed by atoms with Crippen LogP contribution in [-0.2, 0) is 26.4 Å². The smallest absolute Gasteiger partial charge is 0.416 e. The number of aromatic hydroxyl groups is 2. The third-order valence-corrected chi connectivity index (χ3v) is 9.36. The van der Waals surface area contributed by atoms with Gasteiger partial charge in [-0.1, -0.05) is 12.1 Å². The first-order chi connectivity index (χ1) is 27.1. The van der Waals surface area contributed by atoms with Crippen molar-refractivity contribution in [2.45, 2.75) is 12.4 Å². The average Bonchev–Trinajstić information content (AvgIpc) is 3.20. The molecule has 0 saturated heterocycles. The summed E-state index contributed by atoms with van der Waals surface area (Å²) < 4.78 is 89.3. The second-order valence-electron chi connectivity index (χ2n) is 12.7. The number of hydrogen-bond donors (Lipinski definition) is 2. The molecule has 12 nitrogen and oxygen atoms in total. The largest absolute Gasteiger partial charge is 0.506 e.